The van der Waals surface area contributed by atoms with E-state index in [-0.39, 0.29) is 17.9 Å². The van der Waals surface area contributed by atoms with Gasteiger partial charge in [0, 0.05) is 19.0 Å². The van der Waals surface area contributed by atoms with E-state index in [9.17, 15) is 9.59 Å². The highest BCUT2D eigenvalue weighted by Gasteiger charge is 2.26. The first-order valence-electron chi connectivity index (χ1n) is 10.7. The average molecular weight is 411 g/mol. The Morgan fingerprint density at radius 1 is 1.07 bits per heavy atom. The van der Waals surface area contributed by atoms with Crippen LogP contribution >= 0.6 is 0 Å². The third-order valence-electron chi connectivity index (χ3n) is 5.15. The van der Waals surface area contributed by atoms with E-state index in [1.165, 1.54) is 0 Å². The van der Waals surface area contributed by atoms with Crippen molar-refractivity contribution in [3.63, 3.8) is 0 Å². The summed E-state index contributed by atoms with van der Waals surface area (Å²) in [5.74, 6) is 0.633. The lowest BCUT2D eigenvalue weighted by Gasteiger charge is -2.30. The molecule has 2 amide bonds. The summed E-state index contributed by atoms with van der Waals surface area (Å²) in [5, 5.41) is 2.99. The molecule has 0 saturated carbocycles. The predicted molar refractivity (Wildman–Crippen MR) is 120 cm³/mol. The van der Waals surface area contributed by atoms with E-state index in [2.05, 4.69) is 11.4 Å². The summed E-state index contributed by atoms with van der Waals surface area (Å²) in [6.45, 7) is 8.69. The topological polar surface area (TPSA) is 58.6 Å². The van der Waals surface area contributed by atoms with Crippen LogP contribution in [-0.4, -0.2) is 35.4 Å². The van der Waals surface area contributed by atoms with Crippen LogP contribution in [0.25, 0.3) is 0 Å². The van der Waals surface area contributed by atoms with Crippen molar-refractivity contribution >= 4 is 11.8 Å². The Bertz CT molecular complexity index is 807. The van der Waals surface area contributed by atoms with Crippen molar-refractivity contribution in [1.29, 1.82) is 0 Å². The van der Waals surface area contributed by atoms with Gasteiger partial charge < -0.3 is 15.0 Å². The van der Waals surface area contributed by atoms with E-state index in [4.69, 9.17) is 4.74 Å². The summed E-state index contributed by atoms with van der Waals surface area (Å²) in [5.41, 5.74) is 2.15. The Kier molecular flexibility index (Phi) is 9.39. The van der Waals surface area contributed by atoms with Gasteiger partial charge in [0.05, 0.1) is 6.61 Å². The number of aryl methyl sites for hydroxylation is 1. The van der Waals surface area contributed by atoms with Crippen LogP contribution in [0.5, 0.6) is 5.75 Å². The van der Waals surface area contributed by atoms with Crippen molar-refractivity contribution < 1.29 is 14.3 Å². The minimum Gasteiger partial charge on any atom is -0.494 e. The summed E-state index contributed by atoms with van der Waals surface area (Å²) in [4.78, 5) is 27.4. The van der Waals surface area contributed by atoms with Crippen LogP contribution in [0.2, 0.25) is 0 Å². The van der Waals surface area contributed by atoms with E-state index in [0.717, 1.165) is 23.3 Å². The molecule has 5 nitrogen and oxygen atoms in total. The van der Waals surface area contributed by atoms with Crippen molar-refractivity contribution in [2.24, 2.45) is 0 Å². The largest absolute Gasteiger partial charge is 0.494 e. The molecule has 2 atom stereocenters. The first kappa shape index (κ1) is 23.5. The van der Waals surface area contributed by atoms with Gasteiger partial charge in [0.15, 0.2) is 0 Å². The number of rotatable bonds is 11. The number of ether oxygens (including phenoxy) is 1. The summed E-state index contributed by atoms with van der Waals surface area (Å²) in [7, 11) is 0. The monoisotopic (exact) mass is 410 g/mol. The molecular weight excluding hydrogens is 376 g/mol. The van der Waals surface area contributed by atoms with Crippen LogP contribution in [0.1, 0.15) is 51.2 Å². The van der Waals surface area contributed by atoms with Gasteiger partial charge in [0.25, 0.3) is 0 Å². The van der Waals surface area contributed by atoms with Gasteiger partial charge in [-0.2, -0.15) is 0 Å². The van der Waals surface area contributed by atoms with Crippen molar-refractivity contribution in [3.8, 4) is 5.75 Å². The van der Waals surface area contributed by atoms with Gasteiger partial charge in [0.1, 0.15) is 11.8 Å². The fourth-order valence-corrected chi connectivity index (χ4v) is 3.13. The number of amides is 2. The Hall–Kier alpha value is -2.82. The lowest BCUT2D eigenvalue weighted by atomic mass is 10.1. The molecule has 0 bridgehead atoms. The lowest BCUT2D eigenvalue weighted by molar-refractivity contribution is -0.141. The normalized spacial score (nSPS) is 12.7. The van der Waals surface area contributed by atoms with Gasteiger partial charge in [-0.1, -0.05) is 55.0 Å². The minimum absolute atomic E-state index is 0.0417. The van der Waals surface area contributed by atoms with E-state index in [0.29, 0.717) is 26.0 Å². The fourth-order valence-electron chi connectivity index (χ4n) is 3.13. The zero-order chi connectivity index (χ0) is 21.9. The lowest BCUT2D eigenvalue weighted by Crippen LogP contribution is -2.49. The molecule has 30 heavy (non-hydrogen) atoms. The van der Waals surface area contributed by atoms with E-state index >= 15 is 0 Å². The highest BCUT2D eigenvalue weighted by molar-refractivity contribution is 5.87. The summed E-state index contributed by atoms with van der Waals surface area (Å²) in [6.07, 6.45) is 1.78. The highest BCUT2D eigenvalue weighted by atomic mass is 16.5. The van der Waals surface area contributed by atoms with E-state index in [1.54, 1.807) is 11.8 Å². The van der Waals surface area contributed by atoms with Crippen LogP contribution in [0, 0.1) is 6.92 Å². The van der Waals surface area contributed by atoms with Crippen molar-refractivity contribution in [3.05, 3.63) is 65.7 Å². The number of hydrogen-bond donors (Lipinski definition) is 1. The third-order valence-corrected chi connectivity index (χ3v) is 5.15. The molecule has 2 rings (SSSR count). The second-order valence-electron chi connectivity index (χ2n) is 7.77. The van der Waals surface area contributed by atoms with Crippen molar-refractivity contribution in [2.45, 2.75) is 65.6 Å². The summed E-state index contributed by atoms with van der Waals surface area (Å²) >= 11 is 0. The molecule has 2 aromatic rings. The molecule has 0 saturated heterocycles. The molecule has 1 N–H and O–H groups in total. The molecule has 0 heterocycles. The fraction of sp³-hybridized carbons (Fsp3) is 0.440. The van der Waals surface area contributed by atoms with Gasteiger partial charge in [-0.3, -0.25) is 9.59 Å². The van der Waals surface area contributed by atoms with Gasteiger partial charge in [0.2, 0.25) is 11.8 Å². The number of nitrogens with one attached hydrogen (secondary N) is 1. The first-order chi connectivity index (χ1) is 14.4. The number of benzene rings is 2. The van der Waals surface area contributed by atoms with Crippen molar-refractivity contribution in [1.82, 2.24) is 10.2 Å². The molecule has 0 spiro atoms. The molecule has 0 aromatic heterocycles. The molecule has 0 unspecified atom stereocenters. The Morgan fingerprint density at radius 3 is 2.47 bits per heavy atom. The highest BCUT2D eigenvalue weighted by Crippen LogP contribution is 2.14. The molecule has 0 aliphatic carbocycles. The number of para-hydroxylation sites is 1. The summed E-state index contributed by atoms with van der Waals surface area (Å²) in [6, 6.07) is 17.1. The van der Waals surface area contributed by atoms with Crippen LogP contribution in [0.4, 0.5) is 0 Å². The molecule has 0 aliphatic rings. The van der Waals surface area contributed by atoms with Crippen LogP contribution in [0.3, 0.4) is 0 Å². The van der Waals surface area contributed by atoms with Crippen LogP contribution < -0.4 is 10.1 Å². The summed E-state index contributed by atoms with van der Waals surface area (Å²) < 4.78 is 5.70. The van der Waals surface area contributed by atoms with Crippen LogP contribution in [-0.2, 0) is 16.1 Å². The van der Waals surface area contributed by atoms with Gasteiger partial charge in [-0.25, -0.2) is 0 Å². The Labute approximate surface area is 180 Å². The number of carbonyl (C=O) groups is 2. The second kappa shape index (κ2) is 12.0. The zero-order valence-electron chi connectivity index (χ0n) is 18.6. The van der Waals surface area contributed by atoms with Gasteiger partial charge >= 0.3 is 0 Å². The number of carbonyl (C=O) groups excluding carboxylic acids is 2. The Morgan fingerprint density at radius 2 is 1.80 bits per heavy atom. The molecular formula is C25H34N2O3. The SMILES string of the molecule is CC[C@H](C)NC(=O)[C@H](C)N(Cc1cccc(C)c1)C(=O)CCCOc1ccccc1. The first-order valence-corrected chi connectivity index (χ1v) is 10.7. The number of nitrogens with zero attached hydrogens (tertiary/aromatic N) is 1. The molecule has 5 heteroatoms. The zero-order valence-corrected chi connectivity index (χ0v) is 18.6. The maximum atomic E-state index is 13.0. The van der Waals surface area contributed by atoms with E-state index < -0.39 is 6.04 Å². The predicted octanol–water partition coefficient (Wildman–Crippen LogP) is 4.49. The molecule has 0 aliphatic heterocycles. The van der Waals surface area contributed by atoms with Crippen molar-refractivity contribution in [2.75, 3.05) is 6.61 Å². The Balaban J connectivity index is 2.01. The van der Waals surface area contributed by atoms with Gasteiger partial charge in [-0.05, 0) is 51.3 Å². The maximum absolute atomic E-state index is 13.0. The third kappa shape index (κ3) is 7.54. The van der Waals surface area contributed by atoms with E-state index in [1.807, 2.05) is 69.3 Å². The minimum atomic E-state index is -0.540. The number of hydrogen-bond acceptors (Lipinski definition) is 3. The molecule has 2 aromatic carbocycles. The smallest absolute Gasteiger partial charge is 0.242 e. The second-order valence-corrected chi connectivity index (χ2v) is 7.77. The van der Waals surface area contributed by atoms with Crippen LogP contribution in [0.15, 0.2) is 54.6 Å². The van der Waals surface area contributed by atoms with Gasteiger partial charge in [-0.15, -0.1) is 0 Å². The molecule has 0 radical (unpaired) electrons. The molecule has 0 fully saturated rings. The standard InChI is InChI=1S/C25H34N2O3/c1-5-20(3)26-25(29)21(4)27(18-22-12-9-11-19(2)17-22)24(28)15-10-16-30-23-13-7-6-8-14-23/h6-9,11-14,17,20-21H,5,10,15-16,18H2,1-4H3,(H,26,29)/t20-,21-/m0/s1. The maximum Gasteiger partial charge on any atom is 0.242 e. The quantitative estimate of drug-likeness (QED) is 0.556. The average Bonchev–Trinajstić information content (AvgIpc) is 2.75. The molecule has 162 valence electrons.